The summed E-state index contributed by atoms with van der Waals surface area (Å²) < 4.78 is 19.9. The van der Waals surface area contributed by atoms with Crippen molar-refractivity contribution < 1.29 is 9.04 Å². The Bertz CT molecular complexity index is 543. The molecule has 1 fully saturated rings. The summed E-state index contributed by atoms with van der Waals surface area (Å²) in [7, 11) is 0. The Morgan fingerprint density at radius 2 is 2.05 bits per heavy atom. The van der Waals surface area contributed by atoms with Crippen molar-refractivity contribution in [2.24, 2.45) is 16.3 Å². The van der Waals surface area contributed by atoms with Crippen LogP contribution in [0.4, 0.5) is 4.39 Å². The quantitative estimate of drug-likeness (QED) is 0.663. The lowest BCUT2D eigenvalue weighted by atomic mass is 9.53. The highest BCUT2D eigenvalue weighted by Crippen LogP contribution is 2.47. The molecule has 2 nitrogen and oxygen atoms in total. The van der Waals surface area contributed by atoms with Crippen LogP contribution in [0.15, 0.2) is 40.6 Å². The van der Waals surface area contributed by atoms with Crippen molar-refractivity contribution in [3.63, 3.8) is 0 Å². The van der Waals surface area contributed by atoms with E-state index in [0.717, 1.165) is 18.2 Å². The van der Waals surface area contributed by atoms with E-state index in [2.05, 4.69) is 38.8 Å². The van der Waals surface area contributed by atoms with E-state index in [9.17, 15) is 4.39 Å². The molecule has 0 radical (unpaired) electrons. The second kappa shape index (κ2) is 4.94. The maximum Gasteiger partial charge on any atom is 0.329 e. The van der Waals surface area contributed by atoms with Gasteiger partial charge in [-0.05, 0) is 49.6 Å². The lowest BCUT2D eigenvalue weighted by Crippen LogP contribution is -2.34. The maximum absolute atomic E-state index is 13.6. The number of hydrogen-bond acceptors (Lipinski definition) is 2. The van der Waals surface area contributed by atoms with Gasteiger partial charge in [-0.1, -0.05) is 26.0 Å². The number of aliphatic imine (C=N–C) groups is 1. The SMILES string of the molecule is CC1(C)CB(C2=CC3C=C(F)C=CC(C3)N=C2)OC1(C)C. The van der Waals surface area contributed by atoms with E-state index in [1.54, 1.807) is 6.08 Å². The van der Waals surface area contributed by atoms with E-state index < -0.39 is 0 Å². The minimum absolute atomic E-state index is 0.0554. The molecular weight excluding hydrogens is 264 g/mol. The zero-order chi connectivity index (χ0) is 15.3. The van der Waals surface area contributed by atoms with Crippen molar-refractivity contribution in [1.82, 2.24) is 0 Å². The van der Waals surface area contributed by atoms with Gasteiger partial charge in [-0.3, -0.25) is 4.99 Å². The largest absolute Gasteiger partial charge is 0.425 e. The number of fused-ring (bicyclic) bond motifs is 2. The van der Waals surface area contributed by atoms with Crippen LogP contribution in [0.2, 0.25) is 6.32 Å². The first kappa shape index (κ1) is 14.8. The average molecular weight is 287 g/mol. The first-order chi connectivity index (χ1) is 9.77. The molecule has 0 aromatic heterocycles. The van der Waals surface area contributed by atoms with Gasteiger partial charge in [-0.2, -0.15) is 0 Å². The van der Waals surface area contributed by atoms with Crippen molar-refractivity contribution in [3.05, 3.63) is 35.6 Å². The van der Waals surface area contributed by atoms with Crippen LogP contribution in [0.25, 0.3) is 0 Å². The summed E-state index contributed by atoms with van der Waals surface area (Å²) in [6, 6.07) is 0.0654. The Hall–Kier alpha value is -1.16. The van der Waals surface area contributed by atoms with Gasteiger partial charge in [0.1, 0.15) is 5.83 Å². The standard InChI is InChI=1S/C17H23BFNO/c1-16(2)11-18(21-17(16,3)4)13-7-12-8-14(19)5-6-15(9-12)20-10-13/h5-8,10,12,15H,9,11H2,1-4H3. The molecule has 21 heavy (non-hydrogen) atoms. The highest BCUT2D eigenvalue weighted by atomic mass is 19.1. The Morgan fingerprint density at radius 1 is 1.29 bits per heavy atom. The number of hydrogen-bond donors (Lipinski definition) is 0. The van der Waals surface area contributed by atoms with Crippen molar-refractivity contribution in [2.45, 2.75) is 52.1 Å². The van der Waals surface area contributed by atoms with E-state index in [0.29, 0.717) is 0 Å². The zero-order valence-electron chi connectivity index (χ0n) is 13.3. The van der Waals surface area contributed by atoms with E-state index in [1.165, 1.54) is 6.08 Å². The Labute approximate surface area is 127 Å². The third-order valence-electron chi connectivity index (χ3n) is 5.32. The Morgan fingerprint density at radius 3 is 2.71 bits per heavy atom. The molecule has 2 aliphatic heterocycles. The molecule has 0 N–H and O–H groups in total. The first-order valence-electron chi connectivity index (χ1n) is 7.75. The third kappa shape index (κ3) is 2.78. The molecule has 1 aliphatic carbocycles. The molecule has 0 aromatic rings. The average Bonchev–Trinajstić information content (AvgIpc) is 2.57. The molecule has 0 saturated carbocycles. The Balaban J connectivity index is 1.88. The number of rotatable bonds is 1. The van der Waals surface area contributed by atoms with Gasteiger partial charge in [0.15, 0.2) is 0 Å². The lowest BCUT2D eigenvalue weighted by Gasteiger charge is -2.34. The Kier molecular flexibility index (Phi) is 3.48. The van der Waals surface area contributed by atoms with Crippen LogP contribution >= 0.6 is 0 Å². The molecule has 2 atom stereocenters. The van der Waals surface area contributed by atoms with Gasteiger partial charge in [-0.25, -0.2) is 4.39 Å². The van der Waals surface area contributed by atoms with Gasteiger partial charge < -0.3 is 4.65 Å². The smallest absolute Gasteiger partial charge is 0.329 e. The van der Waals surface area contributed by atoms with Crippen LogP contribution in [-0.4, -0.2) is 24.8 Å². The van der Waals surface area contributed by atoms with Gasteiger partial charge >= 0.3 is 6.92 Å². The number of allylic oxidation sites excluding steroid dienone is 5. The highest BCUT2D eigenvalue weighted by Gasteiger charge is 2.50. The topological polar surface area (TPSA) is 21.6 Å². The van der Waals surface area contributed by atoms with E-state index in [1.807, 2.05) is 12.3 Å². The van der Waals surface area contributed by atoms with Crippen LogP contribution in [0.5, 0.6) is 0 Å². The highest BCUT2D eigenvalue weighted by molar-refractivity contribution is 6.66. The second-order valence-electron chi connectivity index (χ2n) is 7.53. The van der Waals surface area contributed by atoms with Gasteiger partial charge in [-0.15, -0.1) is 0 Å². The predicted octanol–water partition coefficient (Wildman–Crippen LogP) is 4.16. The second-order valence-corrected chi connectivity index (χ2v) is 7.53. The maximum atomic E-state index is 13.6. The monoisotopic (exact) mass is 287 g/mol. The molecule has 1 saturated heterocycles. The van der Waals surface area contributed by atoms with Gasteiger partial charge in [0.2, 0.25) is 0 Å². The number of nitrogens with zero attached hydrogens (tertiary/aromatic N) is 1. The van der Waals surface area contributed by atoms with Crippen LogP contribution in [-0.2, 0) is 4.65 Å². The lowest BCUT2D eigenvalue weighted by molar-refractivity contribution is 0.0372. The van der Waals surface area contributed by atoms with Crippen molar-refractivity contribution >= 4 is 13.1 Å². The van der Waals surface area contributed by atoms with E-state index in [-0.39, 0.29) is 35.7 Å². The fraction of sp³-hybridized carbons (Fsp3) is 0.588. The van der Waals surface area contributed by atoms with Gasteiger partial charge in [0.25, 0.3) is 0 Å². The van der Waals surface area contributed by atoms with Crippen LogP contribution in [0, 0.1) is 11.3 Å². The summed E-state index contributed by atoms with van der Waals surface area (Å²) >= 11 is 0. The summed E-state index contributed by atoms with van der Waals surface area (Å²) in [6.07, 6.45) is 10.9. The number of halogens is 1. The third-order valence-corrected chi connectivity index (χ3v) is 5.32. The molecule has 2 heterocycles. The zero-order valence-corrected chi connectivity index (χ0v) is 13.3. The van der Waals surface area contributed by atoms with Crippen LogP contribution in [0.3, 0.4) is 0 Å². The molecule has 3 aliphatic rings. The molecule has 0 spiro atoms. The van der Waals surface area contributed by atoms with Crippen molar-refractivity contribution in [3.8, 4) is 0 Å². The molecule has 2 unspecified atom stereocenters. The molecular formula is C17H23BFNO. The van der Waals surface area contributed by atoms with Crippen molar-refractivity contribution in [1.29, 1.82) is 0 Å². The summed E-state index contributed by atoms with van der Waals surface area (Å²) in [5.41, 5.74) is 1.05. The van der Waals surface area contributed by atoms with Crippen LogP contribution in [0.1, 0.15) is 34.1 Å². The minimum Gasteiger partial charge on any atom is -0.425 e. The predicted molar refractivity (Wildman–Crippen MR) is 86.3 cm³/mol. The fourth-order valence-electron chi connectivity index (χ4n) is 3.23. The van der Waals surface area contributed by atoms with Crippen molar-refractivity contribution in [2.75, 3.05) is 0 Å². The molecule has 3 rings (SSSR count). The summed E-state index contributed by atoms with van der Waals surface area (Å²) in [6.45, 7) is 8.83. The molecule has 4 heteroatoms. The minimum atomic E-state index is -0.164. The summed E-state index contributed by atoms with van der Waals surface area (Å²) in [4.78, 5) is 4.60. The molecule has 0 amide bonds. The molecule has 112 valence electrons. The fourth-order valence-corrected chi connectivity index (χ4v) is 3.23. The first-order valence-corrected chi connectivity index (χ1v) is 7.75. The summed E-state index contributed by atoms with van der Waals surface area (Å²) in [5, 5.41) is 0. The van der Waals surface area contributed by atoms with E-state index >= 15 is 0 Å². The molecule has 2 bridgehead atoms. The van der Waals surface area contributed by atoms with Gasteiger partial charge in [0.05, 0.1) is 11.6 Å². The molecule has 0 aromatic carbocycles. The van der Waals surface area contributed by atoms with Gasteiger partial charge in [0, 0.05) is 12.1 Å². The normalized spacial score (nSPS) is 33.3. The van der Waals surface area contributed by atoms with E-state index in [4.69, 9.17) is 4.65 Å². The summed E-state index contributed by atoms with van der Waals surface area (Å²) in [5.74, 6) is -0.0684. The van der Waals surface area contributed by atoms with Crippen LogP contribution < -0.4 is 0 Å².